The summed E-state index contributed by atoms with van der Waals surface area (Å²) in [5.41, 5.74) is 3.88. The average molecular weight is 531 g/mol. The highest BCUT2D eigenvalue weighted by atomic mass is 35.5. The highest BCUT2D eigenvalue weighted by Crippen LogP contribution is 2.30. The van der Waals surface area contributed by atoms with Gasteiger partial charge in [0.2, 0.25) is 0 Å². The van der Waals surface area contributed by atoms with Gasteiger partial charge in [-0.1, -0.05) is 22.9 Å². The van der Waals surface area contributed by atoms with E-state index in [0.29, 0.717) is 27.7 Å². The lowest BCUT2D eigenvalue weighted by Crippen LogP contribution is -2.15. The van der Waals surface area contributed by atoms with Gasteiger partial charge in [0.05, 0.1) is 26.8 Å². The molecule has 0 saturated carbocycles. The zero-order valence-corrected chi connectivity index (χ0v) is 21.8. The molecule has 0 aliphatic carbocycles. The van der Waals surface area contributed by atoms with Crippen molar-refractivity contribution < 1.29 is 4.79 Å². The summed E-state index contributed by atoms with van der Waals surface area (Å²) in [7, 11) is 3.87. The molecule has 0 atom stereocenters. The third kappa shape index (κ3) is 5.37. The molecule has 0 unspecified atom stereocenters. The maximum Gasteiger partial charge on any atom is 0.255 e. The van der Waals surface area contributed by atoms with E-state index >= 15 is 0 Å². The number of aryl methyl sites for hydroxylation is 1. The van der Waals surface area contributed by atoms with Gasteiger partial charge >= 0.3 is 0 Å². The molecule has 4 aromatic heterocycles. The molecule has 0 bridgehead atoms. The van der Waals surface area contributed by atoms with Crippen LogP contribution in [-0.2, 0) is 6.42 Å². The van der Waals surface area contributed by atoms with Crippen molar-refractivity contribution >= 4 is 34.5 Å². The monoisotopic (exact) mass is 530 g/mol. The first kappa shape index (κ1) is 24.6. The molecule has 37 heavy (non-hydrogen) atoms. The van der Waals surface area contributed by atoms with Crippen LogP contribution in [0.4, 0.5) is 5.82 Å². The molecule has 5 aromatic rings. The Morgan fingerprint density at radius 3 is 2.70 bits per heavy atom. The van der Waals surface area contributed by atoms with E-state index in [4.69, 9.17) is 11.6 Å². The first-order chi connectivity index (χ1) is 17.9. The van der Waals surface area contributed by atoms with Gasteiger partial charge in [-0.05, 0) is 54.1 Å². The zero-order valence-electron chi connectivity index (χ0n) is 20.2. The molecule has 8 nitrogen and oxygen atoms in total. The van der Waals surface area contributed by atoms with Crippen molar-refractivity contribution in [3.63, 3.8) is 0 Å². The largest absolute Gasteiger partial charge is 0.363 e. The van der Waals surface area contributed by atoms with Crippen molar-refractivity contribution in [3.05, 3.63) is 105 Å². The zero-order chi connectivity index (χ0) is 25.9. The van der Waals surface area contributed by atoms with E-state index in [1.54, 1.807) is 39.8 Å². The van der Waals surface area contributed by atoms with Crippen LogP contribution in [0.25, 0.3) is 22.5 Å². The van der Waals surface area contributed by atoms with E-state index in [9.17, 15) is 9.59 Å². The molecule has 0 amide bonds. The van der Waals surface area contributed by atoms with Crippen molar-refractivity contribution in [3.8, 4) is 22.5 Å². The van der Waals surface area contributed by atoms with Crippen LogP contribution in [0.1, 0.15) is 21.8 Å². The molecule has 0 aliphatic heterocycles. The summed E-state index contributed by atoms with van der Waals surface area (Å²) >= 11 is 7.24. The number of pyridine rings is 2. The highest BCUT2D eigenvalue weighted by molar-refractivity contribution is 7.18. The highest BCUT2D eigenvalue weighted by Gasteiger charge is 2.15. The molecule has 0 aliphatic rings. The fourth-order valence-electron chi connectivity index (χ4n) is 3.94. The molecule has 0 N–H and O–H groups in total. The number of hydrogen-bond acceptors (Lipinski definition) is 7. The Hall–Kier alpha value is -4.08. The first-order valence-corrected chi connectivity index (χ1v) is 12.7. The van der Waals surface area contributed by atoms with E-state index in [-0.39, 0.29) is 11.3 Å². The molecule has 186 valence electrons. The van der Waals surface area contributed by atoms with E-state index in [1.807, 2.05) is 61.6 Å². The third-order valence-corrected chi connectivity index (χ3v) is 7.11. The Balaban J connectivity index is 1.51. The fourth-order valence-corrected chi connectivity index (χ4v) is 4.95. The van der Waals surface area contributed by atoms with E-state index in [1.165, 1.54) is 17.4 Å². The average Bonchev–Trinajstić information content (AvgIpc) is 3.56. The van der Waals surface area contributed by atoms with Crippen LogP contribution in [-0.4, -0.2) is 44.4 Å². The second kappa shape index (κ2) is 10.5. The van der Waals surface area contributed by atoms with Crippen molar-refractivity contribution in [1.82, 2.24) is 24.5 Å². The quantitative estimate of drug-likeness (QED) is 0.260. The Bertz CT molecular complexity index is 1640. The number of rotatable bonds is 8. The number of Topliss-reactive ketones (excluding diaryl/α,β-unsaturated/α-hetero) is 1. The number of aromatic nitrogens is 5. The Morgan fingerprint density at radius 2 is 1.95 bits per heavy atom. The number of carbonyl (C=O) groups is 1. The van der Waals surface area contributed by atoms with Crippen molar-refractivity contribution in [2.75, 3.05) is 19.0 Å². The molecule has 0 saturated heterocycles. The summed E-state index contributed by atoms with van der Waals surface area (Å²) in [6.45, 7) is 0. The predicted molar refractivity (Wildman–Crippen MR) is 146 cm³/mol. The van der Waals surface area contributed by atoms with Crippen LogP contribution in [0, 0.1) is 0 Å². The van der Waals surface area contributed by atoms with Gasteiger partial charge in [0.1, 0.15) is 5.82 Å². The lowest BCUT2D eigenvalue weighted by Gasteiger charge is -2.16. The normalized spacial score (nSPS) is 11.0. The van der Waals surface area contributed by atoms with E-state index in [0.717, 1.165) is 28.3 Å². The number of halogens is 1. The first-order valence-electron chi connectivity index (χ1n) is 11.5. The van der Waals surface area contributed by atoms with Crippen LogP contribution in [0.3, 0.4) is 0 Å². The predicted octanol–water partition coefficient (Wildman–Crippen LogP) is 5.08. The number of carbonyl (C=O) groups excluding carboxylic acids is 1. The van der Waals surface area contributed by atoms with Crippen LogP contribution < -0.4 is 10.5 Å². The number of anilines is 1. The molecular weight excluding hydrogens is 508 g/mol. The summed E-state index contributed by atoms with van der Waals surface area (Å²) < 4.78 is 3.89. The molecule has 4 heterocycles. The SMILES string of the molecule is CN(C)c1cc(-c2cc(-n3ccccc3=O)ccc2-n2cc(CCC(=O)c3ccc(Cl)s3)nn2)ccn1. The molecule has 5 rings (SSSR count). The topological polar surface area (TPSA) is 85.9 Å². The van der Waals surface area contributed by atoms with Crippen molar-refractivity contribution in [2.45, 2.75) is 12.8 Å². The standard InChI is InChI=1S/C27H23ClN6O2S/c1-32(2)26-15-18(12-13-29-26)21-16-20(33-14-4-3-5-27(33)36)7-8-22(21)34-17-19(30-31-34)6-9-23(35)24-10-11-25(28)37-24/h3-5,7-8,10-17H,6,9H2,1-2H3. The minimum atomic E-state index is -0.121. The van der Waals surface area contributed by atoms with Gasteiger partial charge in [0.25, 0.3) is 5.56 Å². The molecule has 10 heteroatoms. The minimum absolute atomic E-state index is 0.0257. The maximum atomic E-state index is 12.5. The van der Waals surface area contributed by atoms with Gasteiger partial charge in [0, 0.05) is 56.6 Å². The molecule has 0 spiro atoms. The van der Waals surface area contributed by atoms with Crippen LogP contribution in [0.5, 0.6) is 0 Å². The summed E-state index contributed by atoms with van der Waals surface area (Å²) in [4.78, 5) is 32.0. The summed E-state index contributed by atoms with van der Waals surface area (Å²) in [5.74, 6) is 0.829. The van der Waals surface area contributed by atoms with Gasteiger partial charge in [0.15, 0.2) is 5.78 Å². The van der Waals surface area contributed by atoms with Crippen LogP contribution in [0.2, 0.25) is 4.34 Å². The third-order valence-electron chi connectivity index (χ3n) is 5.84. The molecular formula is C27H23ClN6O2S. The van der Waals surface area contributed by atoms with Gasteiger partial charge in [-0.15, -0.1) is 16.4 Å². The van der Waals surface area contributed by atoms with Gasteiger partial charge in [-0.3, -0.25) is 14.2 Å². The molecule has 1 aromatic carbocycles. The number of ketones is 1. The maximum absolute atomic E-state index is 12.5. The summed E-state index contributed by atoms with van der Waals surface area (Å²) in [6, 6.07) is 18.2. The Morgan fingerprint density at radius 1 is 1.08 bits per heavy atom. The van der Waals surface area contributed by atoms with Crippen LogP contribution in [0.15, 0.2) is 84.0 Å². The smallest absolute Gasteiger partial charge is 0.255 e. The van der Waals surface area contributed by atoms with Gasteiger partial charge in [-0.2, -0.15) is 0 Å². The molecule has 0 fully saturated rings. The fraction of sp³-hybridized carbons (Fsp3) is 0.148. The van der Waals surface area contributed by atoms with E-state index < -0.39 is 0 Å². The van der Waals surface area contributed by atoms with Crippen LogP contribution >= 0.6 is 22.9 Å². The lowest BCUT2D eigenvalue weighted by molar-refractivity contribution is 0.0986. The van der Waals surface area contributed by atoms with Crippen molar-refractivity contribution in [2.24, 2.45) is 0 Å². The minimum Gasteiger partial charge on any atom is -0.363 e. The molecule has 0 radical (unpaired) electrons. The second-order valence-electron chi connectivity index (χ2n) is 8.59. The van der Waals surface area contributed by atoms with E-state index in [2.05, 4.69) is 15.3 Å². The van der Waals surface area contributed by atoms with Crippen molar-refractivity contribution in [1.29, 1.82) is 0 Å². The second-order valence-corrected chi connectivity index (χ2v) is 10.3. The number of hydrogen-bond donors (Lipinski definition) is 0. The van der Waals surface area contributed by atoms with Gasteiger partial charge in [-0.25, -0.2) is 9.67 Å². The summed E-state index contributed by atoms with van der Waals surface area (Å²) in [5, 5.41) is 8.65. The number of benzene rings is 1. The summed E-state index contributed by atoms with van der Waals surface area (Å²) in [6.07, 6.45) is 6.10. The number of nitrogens with zero attached hydrogens (tertiary/aromatic N) is 6. The van der Waals surface area contributed by atoms with Gasteiger partial charge < -0.3 is 4.90 Å². The number of thiophene rings is 1. The Kier molecular flexibility index (Phi) is 6.98. The lowest BCUT2D eigenvalue weighted by atomic mass is 10.0. The Labute approximate surface area is 222 Å².